The predicted octanol–water partition coefficient (Wildman–Crippen LogP) is 4.23. The average Bonchev–Trinajstić information content (AvgIpc) is 3.01. The van der Waals surface area contributed by atoms with E-state index in [2.05, 4.69) is 9.73 Å². The summed E-state index contributed by atoms with van der Waals surface area (Å²) >= 11 is 0. The monoisotopic (exact) mass is 337 g/mol. The highest BCUT2D eigenvalue weighted by molar-refractivity contribution is 5.95. The molecule has 0 spiro atoms. The van der Waals surface area contributed by atoms with Crippen molar-refractivity contribution in [1.82, 2.24) is 0 Å². The maximum atomic E-state index is 14.4. The van der Waals surface area contributed by atoms with E-state index in [9.17, 15) is 22.4 Å². The first-order valence-electron chi connectivity index (χ1n) is 6.93. The number of aliphatic imine (C=N–C) groups is 1. The molecule has 0 aromatic heterocycles. The summed E-state index contributed by atoms with van der Waals surface area (Å²) in [6.45, 7) is 0.119. The Balaban J connectivity index is 2.17. The van der Waals surface area contributed by atoms with Crippen LogP contribution < -0.4 is 0 Å². The maximum Gasteiger partial charge on any atom is 0.416 e. The van der Waals surface area contributed by atoms with Gasteiger partial charge in [-0.05, 0) is 35.4 Å². The Morgan fingerprint density at radius 2 is 1.92 bits per heavy atom. The number of carbonyl (C=O) groups excluding carboxylic acids is 1. The SMILES string of the molecule is COC(=O)c1ccc(-c2cc(C(F)(F)F)cc3c2C=NC3)c(F)c1. The van der Waals surface area contributed by atoms with E-state index in [0.29, 0.717) is 11.1 Å². The maximum absolute atomic E-state index is 14.4. The third kappa shape index (κ3) is 2.77. The van der Waals surface area contributed by atoms with Gasteiger partial charge in [0, 0.05) is 17.3 Å². The van der Waals surface area contributed by atoms with Crippen molar-refractivity contribution in [3.63, 3.8) is 0 Å². The van der Waals surface area contributed by atoms with E-state index >= 15 is 0 Å². The molecule has 1 heterocycles. The van der Waals surface area contributed by atoms with Crippen LogP contribution in [0.5, 0.6) is 0 Å². The van der Waals surface area contributed by atoms with E-state index in [1.54, 1.807) is 0 Å². The van der Waals surface area contributed by atoms with Crippen molar-refractivity contribution >= 4 is 12.2 Å². The van der Waals surface area contributed by atoms with E-state index in [1.807, 2.05) is 0 Å². The second-order valence-electron chi connectivity index (χ2n) is 5.25. The summed E-state index contributed by atoms with van der Waals surface area (Å²) < 4.78 is 58.1. The van der Waals surface area contributed by atoms with Gasteiger partial charge in [-0.15, -0.1) is 0 Å². The van der Waals surface area contributed by atoms with E-state index in [4.69, 9.17) is 0 Å². The fraction of sp³-hybridized carbons (Fsp3) is 0.176. The van der Waals surface area contributed by atoms with Crippen LogP contribution in [0.4, 0.5) is 17.6 Å². The molecule has 0 unspecified atom stereocenters. The zero-order valence-electron chi connectivity index (χ0n) is 12.4. The van der Waals surface area contributed by atoms with Crippen molar-refractivity contribution < 1.29 is 27.1 Å². The minimum Gasteiger partial charge on any atom is -0.465 e. The van der Waals surface area contributed by atoms with E-state index in [0.717, 1.165) is 25.3 Å². The number of ether oxygens (including phenoxy) is 1. The summed E-state index contributed by atoms with van der Waals surface area (Å²) in [6.07, 6.45) is -3.12. The van der Waals surface area contributed by atoms with Crippen LogP contribution in [-0.4, -0.2) is 19.3 Å². The summed E-state index contributed by atoms with van der Waals surface area (Å²) in [7, 11) is 1.16. The van der Waals surface area contributed by atoms with Gasteiger partial charge in [0.25, 0.3) is 0 Å². The van der Waals surface area contributed by atoms with Crippen LogP contribution in [0.25, 0.3) is 11.1 Å². The molecule has 0 atom stereocenters. The number of rotatable bonds is 2. The number of carbonyl (C=O) groups is 1. The highest BCUT2D eigenvalue weighted by Crippen LogP contribution is 2.38. The smallest absolute Gasteiger partial charge is 0.416 e. The van der Waals surface area contributed by atoms with E-state index in [1.165, 1.54) is 18.3 Å². The standard InChI is InChI=1S/C17H11F4NO2/c1-24-16(23)9-2-3-12(15(18)5-9)13-6-11(17(19,20)21)4-10-7-22-8-14(10)13/h2-6,8H,7H2,1H3. The Morgan fingerprint density at radius 3 is 2.54 bits per heavy atom. The van der Waals surface area contributed by atoms with Crippen molar-refractivity contribution in [3.05, 3.63) is 58.4 Å². The van der Waals surface area contributed by atoms with Crippen LogP contribution in [0.15, 0.2) is 35.3 Å². The molecule has 0 bridgehead atoms. The molecule has 3 rings (SSSR count). The lowest BCUT2D eigenvalue weighted by Gasteiger charge is -2.14. The quantitative estimate of drug-likeness (QED) is 0.608. The molecule has 0 fully saturated rings. The molecule has 0 radical (unpaired) electrons. The first kappa shape index (κ1) is 16.2. The third-order valence-electron chi connectivity index (χ3n) is 3.76. The number of esters is 1. The number of methoxy groups -OCH3 is 1. The summed E-state index contributed by atoms with van der Waals surface area (Å²) in [5, 5.41) is 0. The molecular weight excluding hydrogens is 326 g/mol. The first-order valence-corrected chi connectivity index (χ1v) is 6.93. The van der Waals surface area contributed by atoms with Gasteiger partial charge in [-0.1, -0.05) is 6.07 Å². The van der Waals surface area contributed by atoms with Crippen molar-refractivity contribution in [3.8, 4) is 11.1 Å². The fourth-order valence-electron chi connectivity index (χ4n) is 2.60. The largest absolute Gasteiger partial charge is 0.465 e. The van der Waals surface area contributed by atoms with Gasteiger partial charge in [-0.25, -0.2) is 9.18 Å². The lowest BCUT2D eigenvalue weighted by Crippen LogP contribution is -2.08. The second kappa shape index (κ2) is 5.74. The highest BCUT2D eigenvalue weighted by atomic mass is 19.4. The summed E-state index contributed by atoms with van der Waals surface area (Å²) in [6, 6.07) is 5.44. The molecule has 2 aromatic rings. The Labute approximate surface area is 134 Å². The molecule has 0 amide bonds. The van der Waals surface area contributed by atoms with Crippen LogP contribution >= 0.6 is 0 Å². The summed E-state index contributed by atoms with van der Waals surface area (Å²) in [5.41, 5.74) is 0.0200. The zero-order chi connectivity index (χ0) is 17.5. The molecule has 124 valence electrons. The molecule has 3 nitrogen and oxygen atoms in total. The number of nitrogens with zero attached hydrogens (tertiary/aromatic N) is 1. The Kier molecular flexibility index (Phi) is 3.87. The minimum atomic E-state index is -4.55. The van der Waals surface area contributed by atoms with Crippen LogP contribution in [0.1, 0.15) is 27.0 Å². The fourth-order valence-corrected chi connectivity index (χ4v) is 2.60. The predicted molar refractivity (Wildman–Crippen MR) is 79.5 cm³/mol. The second-order valence-corrected chi connectivity index (χ2v) is 5.25. The zero-order valence-corrected chi connectivity index (χ0v) is 12.4. The van der Waals surface area contributed by atoms with Crippen LogP contribution in [0, 0.1) is 5.82 Å². The lowest BCUT2D eigenvalue weighted by molar-refractivity contribution is -0.137. The summed E-state index contributed by atoms with van der Waals surface area (Å²) in [5.74, 6) is -1.53. The Bertz CT molecular complexity index is 856. The number of benzene rings is 2. The van der Waals surface area contributed by atoms with Crippen LogP contribution in [0.3, 0.4) is 0 Å². The molecule has 24 heavy (non-hydrogen) atoms. The molecule has 0 saturated heterocycles. The van der Waals surface area contributed by atoms with Gasteiger partial charge < -0.3 is 4.74 Å². The van der Waals surface area contributed by atoms with Crippen molar-refractivity contribution in [2.45, 2.75) is 12.7 Å². The molecule has 2 aromatic carbocycles. The van der Waals surface area contributed by atoms with Gasteiger partial charge in [0.15, 0.2) is 0 Å². The van der Waals surface area contributed by atoms with E-state index in [-0.39, 0.29) is 23.2 Å². The molecule has 0 saturated carbocycles. The van der Waals surface area contributed by atoms with Gasteiger partial charge in [0.05, 0.1) is 24.8 Å². The van der Waals surface area contributed by atoms with Crippen LogP contribution in [-0.2, 0) is 17.5 Å². The third-order valence-corrected chi connectivity index (χ3v) is 3.76. The topological polar surface area (TPSA) is 38.7 Å². The van der Waals surface area contributed by atoms with Gasteiger partial charge in [-0.3, -0.25) is 4.99 Å². The van der Waals surface area contributed by atoms with Gasteiger partial charge >= 0.3 is 12.1 Å². The molecule has 1 aliphatic rings. The lowest BCUT2D eigenvalue weighted by atomic mass is 9.93. The molecule has 1 aliphatic heterocycles. The number of fused-ring (bicyclic) bond motifs is 1. The summed E-state index contributed by atoms with van der Waals surface area (Å²) in [4.78, 5) is 15.4. The van der Waals surface area contributed by atoms with Gasteiger partial charge in [0.2, 0.25) is 0 Å². The average molecular weight is 337 g/mol. The highest BCUT2D eigenvalue weighted by Gasteiger charge is 2.33. The van der Waals surface area contributed by atoms with Crippen molar-refractivity contribution in [2.24, 2.45) is 4.99 Å². The van der Waals surface area contributed by atoms with Crippen molar-refractivity contribution in [1.29, 1.82) is 0 Å². The molecule has 0 N–H and O–H groups in total. The van der Waals surface area contributed by atoms with Gasteiger partial charge in [-0.2, -0.15) is 13.2 Å². The number of alkyl halides is 3. The number of halogens is 4. The minimum absolute atomic E-state index is 0.0176. The van der Waals surface area contributed by atoms with Gasteiger partial charge in [0.1, 0.15) is 5.82 Å². The Morgan fingerprint density at radius 1 is 1.17 bits per heavy atom. The Hall–Kier alpha value is -2.70. The molecule has 0 aliphatic carbocycles. The van der Waals surface area contributed by atoms with E-state index < -0.39 is 23.5 Å². The number of hydrogen-bond acceptors (Lipinski definition) is 3. The van der Waals surface area contributed by atoms with Crippen LogP contribution in [0.2, 0.25) is 0 Å². The van der Waals surface area contributed by atoms with Crippen molar-refractivity contribution in [2.75, 3.05) is 7.11 Å². The first-order chi connectivity index (χ1) is 11.3. The normalized spacial score (nSPS) is 13.0. The molecular formula is C17H11F4NO2. The molecule has 7 heteroatoms. The number of hydrogen-bond donors (Lipinski definition) is 0.